The number of carbonyl (C=O) groups is 1. The van der Waals surface area contributed by atoms with Gasteiger partial charge in [-0.2, -0.15) is 0 Å². The Kier molecular flexibility index (Phi) is 3.75. The first-order valence-electron chi connectivity index (χ1n) is 5.17. The van der Waals surface area contributed by atoms with E-state index in [1.54, 1.807) is 20.8 Å². The number of nitro groups is 1. The molecular weight excluding hydrogens is 240 g/mol. The van der Waals surface area contributed by atoms with Crippen LogP contribution in [-0.4, -0.2) is 21.7 Å². The molecule has 1 aromatic rings. The number of aromatic hydroxyl groups is 1. The molecule has 0 atom stereocenters. The zero-order valence-electron chi connectivity index (χ0n) is 10.3. The van der Waals surface area contributed by atoms with E-state index in [2.05, 4.69) is 5.32 Å². The lowest BCUT2D eigenvalue weighted by Crippen LogP contribution is -2.42. The molecule has 0 heterocycles. The van der Waals surface area contributed by atoms with Gasteiger partial charge in [0.15, 0.2) is 5.75 Å². The van der Waals surface area contributed by atoms with Crippen molar-refractivity contribution in [2.24, 2.45) is 0 Å². The molecule has 0 radical (unpaired) electrons. The number of carbonyl (C=O) groups excluding carboxylic acids is 1. The largest absolute Gasteiger partial charge is 0.504 e. The molecule has 0 spiro atoms. The molecule has 98 valence electrons. The number of rotatable bonds is 2. The summed E-state index contributed by atoms with van der Waals surface area (Å²) in [4.78, 5) is 21.5. The molecule has 1 amide bonds. The summed E-state index contributed by atoms with van der Waals surface area (Å²) in [5.41, 5.74) is -1.02. The van der Waals surface area contributed by atoms with E-state index in [0.29, 0.717) is 0 Å². The van der Waals surface area contributed by atoms with Crippen LogP contribution in [0.2, 0.25) is 0 Å². The minimum Gasteiger partial charge on any atom is -0.504 e. The second-order valence-corrected chi connectivity index (χ2v) is 4.65. The fraction of sp³-hybridized carbons (Fsp3) is 0.364. The molecule has 18 heavy (non-hydrogen) atoms. The first-order chi connectivity index (χ1) is 8.20. The normalized spacial score (nSPS) is 10.8. The lowest BCUT2D eigenvalue weighted by atomic mass is 10.1. The van der Waals surface area contributed by atoms with Crippen molar-refractivity contribution in [1.29, 1.82) is 0 Å². The van der Waals surface area contributed by atoms with Crippen molar-refractivity contribution in [3.63, 3.8) is 0 Å². The average molecular weight is 254 g/mol. The van der Waals surface area contributed by atoms with Gasteiger partial charge in [0.1, 0.15) is 0 Å². The third kappa shape index (κ3) is 3.62. The molecule has 1 rings (SSSR count). The maximum absolute atomic E-state index is 11.5. The van der Waals surface area contributed by atoms with E-state index in [9.17, 15) is 20.0 Å². The average Bonchev–Trinajstić information content (AvgIpc) is 2.17. The standard InChI is InChI=1S/C11H14N2O5/c1-11(2,3)12-10(15)18-9-7(13(16)17)5-4-6-8(9)14/h4-6,14H,1-3H3,(H,12,15). The van der Waals surface area contributed by atoms with Crippen LogP contribution in [0.25, 0.3) is 0 Å². The van der Waals surface area contributed by atoms with Crippen LogP contribution in [0.1, 0.15) is 20.8 Å². The van der Waals surface area contributed by atoms with Crippen molar-refractivity contribution in [3.05, 3.63) is 28.3 Å². The van der Waals surface area contributed by atoms with Crippen molar-refractivity contribution in [1.82, 2.24) is 5.32 Å². The van der Waals surface area contributed by atoms with E-state index in [1.807, 2.05) is 0 Å². The molecule has 1 aromatic carbocycles. The molecule has 0 aliphatic carbocycles. The Morgan fingerprint density at radius 1 is 1.44 bits per heavy atom. The Morgan fingerprint density at radius 3 is 2.56 bits per heavy atom. The maximum atomic E-state index is 11.5. The molecule has 0 unspecified atom stereocenters. The molecule has 7 heteroatoms. The summed E-state index contributed by atoms with van der Waals surface area (Å²) in [5, 5.41) is 22.7. The zero-order chi connectivity index (χ0) is 13.9. The number of ether oxygens (including phenoxy) is 1. The topological polar surface area (TPSA) is 102 Å². The number of para-hydroxylation sites is 1. The number of benzene rings is 1. The maximum Gasteiger partial charge on any atom is 0.413 e. The molecule has 0 bridgehead atoms. The Morgan fingerprint density at radius 2 is 2.06 bits per heavy atom. The van der Waals surface area contributed by atoms with Crippen LogP contribution in [0, 0.1) is 10.1 Å². The predicted molar refractivity (Wildman–Crippen MR) is 63.7 cm³/mol. The van der Waals surface area contributed by atoms with Crippen molar-refractivity contribution in [2.45, 2.75) is 26.3 Å². The van der Waals surface area contributed by atoms with Gasteiger partial charge in [-0.1, -0.05) is 6.07 Å². The van der Waals surface area contributed by atoms with Gasteiger partial charge in [0.2, 0.25) is 0 Å². The second kappa shape index (κ2) is 4.91. The van der Waals surface area contributed by atoms with E-state index in [1.165, 1.54) is 12.1 Å². The molecule has 7 nitrogen and oxygen atoms in total. The number of amides is 1. The molecule has 0 saturated heterocycles. The van der Waals surface area contributed by atoms with Crippen LogP contribution >= 0.6 is 0 Å². The van der Waals surface area contributed by atoms with Gasteiger partial charge in [-0.3, -0.25) is 10.1 Å². The van der Waals surface area contributed by atoms with Gasteiger partial charge in [0, 0.05) is 11.6 Å². The van der Waals surface area contributed by atoms with Gasteiger partial charge < -0.3 is 15.2 Å². The van der Waals surface area contributed by atoms with Crippen LogP contribution < -0.4 is 10.1 Å². The van der Waals surface area contributed by atoms with Crippen LogP contribution in [-0.2, 0) is 0 Å². The zero-order valence-corrected chi connectivity index (χ0v) is 10.3. The molecule has 2 N–H and O–H groups in total. The highest BCUT2D eigenvalue weighted by Crippen LogP contribution is 2.35. The second-order valence-electron chi connectivity index (χ2n) is 4.65. The summed E-state index contributed by atoms with van der Waals surface area (Å²) in [5.74, 6) is -0.933. The quantitative estimate of drug-likeness (QED) is 0.622. The number of hydrogen-bond donors (Lipinski definition) is 2. The fourth-order valence-electron chi connectivity index (χ4n) is 1.19. The Labute approximate surface area is 104 Å². The van der Waals surface area contributed by atoms with Gasteiger partial charge in [-0.15, -0.1) is 0 Å². The van der Waals surface area contributed by atoms with Crippen molar-refractivity contribution in [2.75, 3.05) is 0 Å². The first kappa shape index (κ1) is 13.8. The van der Waals surface area contributed by atoms with Gasteiger partial charge in [-0.05, 0) is 26.8 Å². The van der Waals surface area contributed by atoms with Crippen LogP contribution in [0.5, 0.6) is 11.5 Å². The summed E-state index contributed by atoms with van der Waals surface area (Å²) in [7, 11) is 0. The van der Waals surface area contributed by atoms with Crippen molar-refractivity contribution in [3.8, 4) is 11.5 Å². The molecule has 0 saturated carbocycles. The van der Waals surface area contributed by atoms with E-state index in [4.69, 9.17) is 4.74 Å². The van der Waals surface area contributed by atoms with Gasteiger partial charge in [-0.25, -0.2) is 4.79 Å². The van der Waals surface area contributed by atoms with E-state index < -0.39 is 33.7 Å². The highest BCUT2D eigenvalue weighted by atomic mass is 16.6. The lowest BCUT2D eigenvalue weighted by Gasteiger charge is -2.19. The first-order valence-corrected chi connectivity index (χ1v) is 5.17. The van der Waals surface area contributed by atoms with Gasteiger partial charge >= 0.3 is 11.8 Å². The highest BCUT2D eigenvalue weighted by molar-refractivity contribution is 5.74. The van der Waals surface area contributed by atoms with Gasteiger partial charge in [0.25, 0.3) is 5.75 Å². The van der Waals surface area contributed by atoms with E-state index >= 15 is 0 Å². The van der Waals surface area contributed by atoms with Gasteiger partial charge in [0.05, 0.1) is 4.92 Å². The Balaban J connectivity index is 2.97. The van der Waals surface area contributed by atoms with E-state index in [0.717, 1.165) is 6.07 Å². The number of nitro benzene ring substituents is 1. The Bertz CT molecular complexity index is 479. The number of hydrogen-bond acceptors (Lipinski definition) is 5. The smallest absolute Gasteiger partial charge is 0.413 e. The summed E-state index contributed by atoms with van der Waals surface area (Å²) in [6.07, 6.45) is -0.868. The molecule has 0 aliphatic rings. The highest BCUT2D eigenvalue weighted by Gasteiger charge is 2.23. The summed E-state index contributed by atoms with van der Waals surface area (Å²) in [6, 6.07) is 3.63. The number of nitrogens with zero attached hydrogens (tertiary/aromatic N) is 1. The lowest BCUT2D eigenvalue weighted by molar-refractivity contribution is -0.385. The van der Waals surface area contributed by atoms with Crippen LogP contribution in [0.15, 0.2) is 18.2 Å². The Hall–Kier alpha value is -2.31. The number of nitrogens with one attached hydrogen (secondary N) is 1. The molecular formula is C11H14N2O5. The van der Waals surface area contributed by atoms with Crippen molar-refractivity contribution >= 4 is 11.8 Å². The van der Waals surface area contributed by atoms with Crippen molar-refractivity contribution < 1.29 is 19.6 Å². The summed E-state index contributed by atoms with van der Waals surface area (Å²) < 4.78 is 4.77. The minimum atomic E-state index is -0.868. The number of phenolic OH excluding ortho intramolecular Hbond substituents is 1. The third-order valence-corrected chi connectivity index (χ3v) is 1.84. The predicted octanol–water partition coefficient (Wildman–Crippen LogP) is 2.19. The molecule has 0 aromatic heterocycles. The van der Waals surface area contributed by atoms with Crippen LogP contribution in [0.3, 0.4) is 0 Å². The summed E-state index contributed by atoms with van der Waals surface area (Å²) in [6.45, 7) is 5.19. The summed E-state index contributed by atoms with van der Waals surface area (Å²) >= 11 is 0. The fourth-order valence-corrected chi connectivity index (χ4v) is 1.19. The van der Waals surface area contributed by atoms with E-state index in [-0.39, 0.29) is 0 Å². The van der Waals surface area contributed by atoms with Crippen LogP contribution in [0.4, 0.5) is 10.5 Å². The monoisotopic (exact) mass is 254 g/mol. The SMILES string of the molecule is CC(C)(C)NC(=O)Oc1c(O)cccc1[N+](=O)[O-]. The molecule has 0 aliphatic heterocycles. The third-order valence-electron chi connectivity index (χ3n) is 1.84. The molecule has 0 fully saturated rings. The number of phenols is 1. The minimum absolute atomic E-state index is 0.465.